The second-order valence-electron chi connectivity index (χ2n) is 2.66. The largest absolute Gasteiger partial charge is 0.308 e. The van der Waals surface area contributed by atoms with Gasteiger partial charge in [-0.1, -0.05) is 29.8 Å². The van der Waals surface area contributed by atoms with E-state index in [2.05, 4.69) is 0 Å². The van der Waals surface area contributed by atoms with E-state index >= 15 is 0 Å². The van der Waals surface area contributed by atoms with Gasteiger partial charge in [0.05, 0.1) is 0 Å². The summed E-state index contributed by atoms with van der Waals surface area (Å²) in [6.45, 7) is 3.80. The fourth-order valence-electron chi connectivity index (χ4n) is 0.811. The first-order valence-electron chi connectivity index (χ1n) is 3.34. The van der Waals surface area contributed by atoms with Crippen molar-refractivity contribution >= 4 is 32.1 Å². The molecular weight excluding hydrogens is 270 g/mol. The molecule has 3 heteroatoms. The molecule has 0 spiro atoms. The lowest BCUT2D eigenvalue weighted by molar-refractivity contribution is 0.595. The molecule has 0 aromatic heterocycles. The van der Waals surface area contributed by atoms with E-state index in [4.69, 9.17) is 0 Å². The first kappa shape index (κ1) is 9.27. The molecule has 0 saturated carbocycles. The highest BCUT2D eigenvalue weighted by atomic mass is 127. The molecule has 0 aliphatic rings. The zero-order valence-corrected chi connectivity index (χ0v) is 9.59. The summed E-state index contributed by atoms with van der Waals surface area (Å²) in [7, 11) is 0. The van der Waals surface area contributed by atoms with Crippen LogP contribution >= 0.6 is 26.8 Å². The summed E-state index contributed by atoms with van der Waals surface area (Å²) >= 11 is 2.01. The zero-order chi connectivity index (χ0) is 8.48. The average Bonchev–Trinajstić information content (AvgIpc) is 1.86. The number of benzene rings is 1. The van der Waals surface area contributed by atoms with Crippen molar-refractivity contribution in [3.8, 4) is 0 Å². The molecule has 0 bridgehead atoms. The molecule has 1 nitrogen and oxygen atoms in total. The van der Waals surface area contributed by atoms with Crippen molar-refractivity contribution in [1.82, 2.24) is 0 Å². The van der Waals surface area contributed by atoms with E-state index in [1.807, 2.05) is 53.2 Å². The summed E-state index contributed by atoms with van der Waals surface area (Å²) in [5.74, 6) is 0. The van der Waals surface area contributed by atoms with Crippen LogP contribution in [-0.2, 0) is 4.57 Å². The molecule has 0 fully saturated rings. The Kier molecular flexibility index (Phi) is 2.76. The van der Waals surface area contributed by atoms with Crippen molar-refractivity contribution in [3.63, 3.8) is 0 Å². The van der Waals surface area contributed by atoms with Gasteiger partial charge in [-0.2, -0.15) is 0 Å². The molecule has 1 aromatic carbocycles. The highest BCUT2D eigenvalue weighted by molar-refractivity contribution is 14.2. The standard InChI is InChI=1S/C8H10IOP/c1-7-3-5-8(6-4-7)11(2,9)10/h3-6H,1-2H3. The molecule has 0 radical (unpaired) electrons. The Hall–Kier alpha value is 0.180. The summed E-state index contributed by atoms with van der Waals surface area (Å²) in [6, 6.07) is 7.85. The second-order valence-corrected chi connectivity index (χ2v) is 10.3. The van der Waals surface area contributed by atoms with Gasteiger partial charge in [-0.3, -0.25) is 0 Å². The van der Waals surface area contributed by atoms with Crippen LogP contribution < -0.4 is 5.30 Å². The van der Waals surface area contributed by atoms with Gasteiger partial charge in [0.1, 0.15) is 0 Å². The summed E-state index contributed by atoms with van der Waals surface area (Å²) in [5.41, 5.74) is 1.21. The normalized spacial score (nSPS) is 15.9. The zero-order valence-electron chi connectivity index (χ0n) is 6.54. The summed E-state index contributed by atoms with van der Waals surface area (Å²) in [4.78, 5) is -2.07. The number of rotatable bonds is 1. The Morgan fingerprint density at radius 1 is 1.27 bits per heavy atom. The molecule has 0 N–H and O–H groups in total. The van der Waals surface area contributed by atoms with Crippen LogP contribution in [-0.4, -0.2) is 6.66 Å². The lowest BCUT2D eigenvalue weighted by atomic mass is 10.2. The maximum atomic E-state index is 11.5. The van der Waals surface area contributed by atoms with Crippen molar-refractivity contribution in [2.24, 2.45) is 0 Å². The lowest BCUT2D eigenvalue weighted by Gasteiger charge is -2.03. The SMILES string of the molecule is Cc1ccc(P(C)(=O)I)cc1. The molecule has 1 atom stereocenters. The average molecular weight is 280 g/mol. The van der Waals surface area contributed by atoms with Crippen LogP contribution in [0.25, 0.3) is 0 Å². The van der Waals surface area contributed by atoms with Crippen molar-refractivity contribution in [1.29, 1.82) is 0 Å². The maximum Gasteiger partial charge on any atom is 0.167 e. The Labute approximate surface area is 80.1 Å². The molecule has 0 saturated heterocycles. The first-order valence-corrected chi connectivity index (χ1v) is 8.28. The van der Waals surface area contributed by atoms with Gasteiger partial charge < -0.3 is 4.57 Å². The molecule has 1 unspecified atom stereocenters. The van der Waals surface area contributed by atoms with E-state index in [9.17, 15) is 4.57 Å². The van der Waals surface area contributed by atoms with Crippen LogP contribution in [0.2, 0.25) is 0 Å². The lowest BCUT2D eigenvalue weighted by Crippen LogP contribution is -1.97. The molecule has 11 heavy (non-hydrogen) atoms. The predicted molar refractivity (Wildman–Crippen MR) is 58.4 cm³/mol. The van der Waals surface area contributed by atoms with Crippen LogP contribution in [0, 0.1) is 6.92 Å². The fraction of sp³-hybridized carbons (Fsp3) is 0.250. The summed E-state index contributed by atoms with van der Waals surface area (Å²) < 4.78 is 11.5. The van der Waals surface area contributed by atoms with Gasteiger partial charge >= 0.3 is 0 Å². The van der Waals surface area contributed by atoms with Gasteiger partial charge in [-0.15, -0.1) is 0 Å². The molecule has 0 heterocycles. The van der Waals surface area contributed by atoms with Crippen LogP contribution in [0.4, 0.5) is 0 Å². The summed E-state index contributed by atoms with van der Waals surface area (Å²) in [5, 5.41) is 0.948. The van der Waals surface area contributed by atoms with E-state index < -0.39 is 4.78 Å². The summed E-state index contributed by atoms with van der Waals surface area (Å²) in [6.07, 6.45) is 0. The quantitative estimate of drug-likeness (QED) is 0.571. The third kappa shape index (κ3) is 2.60. The van der Waals surface area contributed by atoms with Crippen molar-refractivity contribution in [2.45, 2.75) is 6.92 Å². The van der Waals surface area contributed by atoms with E-state index in [1.165, 1.54) is 5.56 Å². The van der Waals surface area contributed by atoms with Gasteiger partial charge in [0.25, 0.3) is 0 Å². The molecule has 60 valence electrons. The van der Waals surface area contributed by atoms with Crippen LogP contribution in [0.15, 0.2) is 24.3 Å². The predicted octanol–water partition coefficient (Wildman–Crippen LogP) is 2.96. The van der Waals surface area contributed by atoms with Gasteiger partial charge in [0, 0.05) is 12.0 Å². The van der Waals surface area contributed by atoms with Crippen molar-refractivity contribution in [3.05, 3.63) is 29.8 Å². The highest BCUT2D eigenvalue weighted by Crippen LogP contribution is 2.48. The molecule has 0 aliphatic heterocycles. The van der Waals surface area contributed by atoms with E-state index in [-0.39, 0.29) is 0 Å². The van der Waals surface area contributed by atoms with Crippen LogP contribution in [0.5, 0.6) is 0 Å². The van der Waals surface area contributed by atoms with E-state index in [0.717, 1.165) is 5.30 Å². The molecule has 1 rings (SSSR count). The van der Waals surface area contributed by atoms with Crippen LogP contribution in [0.3, 0.4) is 0 Å². The van der Waals surface area contributed by atoms with E-state index in [1.54, 1.807) is 6.66 Å². The Balaban J connectivity index is 3.09. The highest BCUT2D eigenvalue weighted by Gasteiger charge is 2.11. The van der Waals surface area contributed by atoms with Gasteiger partial charge in [0.2, 0.25) is 0 Å². The molecule has 0 amide bonds. The number of halogens is 1. The monoisotopic (exact) mass is 280 g/mol. The number of hydrogen-bond acceptors (Lipinski definition) is 1. The smallest absolute Gasteiger partial charge is 0.167 e. The Morgan fingerprint density at radius 3 is 2.09 bits per heavy atom. The topological polar surface area (TPSA) is 17.1 Å². The third-order valence-corrected chi connectivity index (χ3v) is 4.39. The minimum atomic E-state index is -2.07. The van der Waals surface area contributed by atoms with Gasteiger partial charge in [0.15, 0.2) is 4.78 Å². The van der Waals surface area contributed by atoms with Crippen molar-refractivity contribution in [2.75, 3.05) is 6.66 Å². The fourth-order valence-corrected chi connectivity index (χ4v) is 2.46. The minimum Gasteiger partial charge on any atom is -0.308 e. The number of aryl methyl sites for hydroxylation is 1. The Morgan fingerprint density at radius 2 is 1.73 bits per heavy atom. The van der Waals surface area contributed by atoms with Gasteiger partial charge in [-0.25, -0.2) is 0 Å². The minimum absolute atomic E-state index is 0.948. The molecule has 1 aromatic rings. The number of hydrogen-bond donors (Lipinski definition) is 0. The maximum absolute atomic E-state index is 11.5. The molecule has 0 aliphatic carbocycles. The Bertz CT molecular complexity index is 285. The van der Waals surface area contributed by atoms with E-state index in [0.29, 0.717) is 0 Å². The van der Waals surface area contributed by atoms with Crippen molar-refractivity contribution < 1.29 is 4.57 Å². The first-order chi connectivity index (χ1) is 5.00. The second kappa shape index (κ2) is 3.28. The third-order valence-electron chi connectivity index (χ3n) is 1.50. The van der Waals surface area contributed by atoms with Crippen LogP contribution in [0.1, 0.15) is 5.56 Å². The molecular formula is C8H10IOP. The van der Waals surface area contributed by atoms with Gasteiger partial charge in [-0.05, 0) is 29.0 Å².